The lowest BCUT2D eigenvalue weighted by molar-refractivity contribution is -0.147. The summed E-state index contributed by atoms with van der Waals surface area (Å²) in [5.41, 5.74) is 0. The average Bonchev–Trinajstić information content (AvgIpc) is 2.11. The molecular weight excluding hydrogens is 218 g/mol. The molecule has 1 amide bonds. The number of hydrogen-bond acceptors (Lipinski definition) is 3. The number of alkyl halides is 1. The molecule has 5 heteroatoms. The minimum absolute atomic E-state index is 0.175. The summed E-state index contributed by atoms with van der Waals surface area (Å²) < 4.78 is 4.87. The third-order valence-electron chi connectivity index (χ3n) is 1.69. The van der Waals surface area contributed by atoms with Gasteiger partial charge in [0.05, 0.1) is 5.88 Å². The van der Waals surface area contributed by atoms with Crippen LogP contribution in [-0.4, -0.2) is 30.4 Å². The van der Waals surface area contributed by atoms with Crippen molar-refractivity contribution in [2.24, 2.45) is 5.92 Å². The van der Waals surface area contributed by atoms with E-state index in [0.29, 0.717) is 12.3 Å². The molecule has 0 aliphatic heterocycles. The van der Waals surface area contributed by atoms with Crippen LogP contribution in [0.4, 0.5) is 0 Å². The van der Waals surface area contributed by atoms with Gasteiger partial charge in [0, 0.05) is 6.92 Å². The Morgan fingerprint density at radius 3 is 2.40 bits per heavy atom. The lowest BCUT2D eigenvalue weighted by Crippen LogP contribution is -2.41. The van der Waals surface area contributed by atoms with Crippen LogP contribution < -0.4 is 5.32 Å². The first-order valence-corrected chi connectivity index (χ1v) is 5.50. The third-order valence-corrected chi connectivity index (χ3v) is 1.84. The van der Waals surface area contributed by atoms with Gasteiger partial charge in [0.15, 0.2) is 0 Å². The van der Waals surface area contributed by atoms with Gasteiger partial charge < -0.3 is 10.1 Å². The Balaban J connectivity index is 4.20. The number of amides is 1. The van der Waals surface area contributed by atoms with E-state index < -0.39 is 12.0 Å². The average molecular weight is 236 g/mol. The summed E-state index contributed by atoms with van der Waals surface area (Å²) in [5, 5.41) is 2.56. The first-order valence-electron chi connectivity index (χ1n) is 4.97. The SMILES string of the molecule is CC(=O)N[C@@H](CC(C)C)C(=O)OCCCl. The second-order valence-electron chi connectivity index (χ2n) is 3.74. The highest BCUT2D eigenvalue weighted by atomic mass is 35.5. The van der Waals surface area contributed by atoms with Gasteiger partial charge in [0.1, 0.15) is 12.6 Å². The van der Waals surface area contributed by atoms with Gasteiger partial charge in [-0.15, -0.1) is 11.6 Å². The van der Waals surface area contributed by atoms with Crippen LogP contribution in [0.5, 0.6) is 0 Å². The van der Waals surface area contributed by atoms with E-state index in [1.54, 1.807) is 0 Å². The molecule has 1 N–H and O–H groups in total. The summed E-state index contributed by atoms with van der Waals surface area (Å²) in [5.74, 6) is -0.0753. The molecule has 15 heavy (non-hydrogen) atoms. The second-order valence-corrected chi connectivity index (χ2v) is 4.12. The normalized spacial score (nSPS) is 12.3. The molecule has 0 aromatic rings. The lowest BCUT2D eigenvalue weighted by Gasteiger charge is -2.18. The number of rotatable bonds is 6. The second kappa shape index (κ2) is 7.51. The van der Waals surface area contributed by atoms with Crippen molar-refractivity contribution >= 4 is 23.5 Å². The van der Waals surface area contributed by atoms with Crippen LogP contribution in [0.15, 0.2) is 0 Å². The smallest absolute Gasteiger partial charge is 0.328 e. The van der Waals surface area contributed by atoms with E-state index in [2.05, 4.69) is 5.32 Å². The van der Waals surface area contributed by atoms with Crippen molar-refractivity contribution in [1.82, 2.24) is 5.32 Å². The highest BCUT2D eigenvalue weighted by Crippen LogP contribution is 2.06. The van der Waals surface area contributed by atoms with Crippen LogP contribution in [0.3, 0.4) is 0 Å². The number of ether oxygens (including phenoxy) is 1. The van der Waals surface area contributed by atoms with E-state index in [-0.39, 0.29) is 18.4 Å². The molecule has 0 aromatic carbocycles. The molecule has 88 valence electrons. The number of carbonyl (C=O) groups excluding carboxylic acids is 2. The van der Waals surface area contributed by atoms with Crippen LogP contribution in [-0.2, 0) is 14.3 Å². The molecule has 0 aromatic heterocycles. The van der Waals surface area contributed by atoms with E-state index >= 15 is 0 Å². The van der Waals surface area contributed by atoms with Crippen LogP contribution >= 0.6 is 11.6 Å². The fourth-order valence-electron chi connectivity index (χ4n) is 1.17. The predicted octanol–water partition coefficient (Wildman–Crippen LogP) is 1.32. The van der Waals surface area contributed by atoms with Crippen molar-refractivity contribution in [2.45, 2.75) is 33.2 Å². The molecule has 0 rings (SSSR count). The topological polar surface area (TPSA) is 55.4 Å². The molecule has 4 nitrogen and oxygen atoms in total. The lowest BCUT2D eigenvalue weighted by atomic mass is 10.0. The van der Waals surface area contributed by atoms with Crippen LogP contribution in [0.2, 0.25) is 0 Å². The van der Waals surface area contributed by atoms with E-state index in [0.717, 1.165) is 0 Å². The highest BCUT2D eigenvalue weighted by molar-refractivity contribution is 6.18. The first kappa shape index (κ1) is 14.2. The number of halogens is 1. The van der Waals surface area contributed by atoms with Gasteiger partial charge in [-0.05, 0) is 12.3 Å². The van der Waals surface area contributed by atoms with Crippen LogP contribution in [0.25, 0.3) is 0 Å². The zero-order chi connectivity index (χ0) is 11.8. The minimum atomic E-state index is -0.564. The molecule has 0 bridgehead atoms. The Kier molecular flexibility index (Phi) is 7.13. The Bertz CT molecular complexity index is 219. The highest BCUT2D eigenvalue weighted by Gasteiger charge is 2.21. The molecule has 0 saturated carbocycles. The van der Waals surface area contributed by atoms with E-state index in [1.807, 2.05) is 13.8 Å². The molecule has 0 saturated heterocycles. The molecule has 0 heterocycles. The molecular formula is C10H18ClNO3. The van der Waals surface area contributed by atoms with Crippen LogP contribution in [0, 0.1) is 5.92 Å². The molecule has 0 aliphatic rings. The van der Waals surface area contributed by atoms with Gasteiger partial charge in [-0.25, -0.2) is 4.79 Å². The summed E-state index contributed by atoms with van der Waals surface area (Å²) >= 11 is 5.40. The van der Waals surface area contributed by atoms with Crippen molar-refractivity contribution in [3.63, 3.8) is 0 Å². The van der Waals surface area contributed by atoms with Crippen molar-refractivity contribution in [3.05, 3.63) is 0 Å². The Hall–Kier alpha value is -0.770. The van der Waals surface area contributed by atoms with Gasteiger partial charge in [-0.2, -0.15) is 0 Å². The Morgan fingerprint density at radius 1 is 1.40 bits per heavy atom. The van der Waals surface area contributed by atoms with Crippen molar-refractivity contribution < 1.29 is 14.3 Å². The van der Waals surface area contributed by atoms with Gasteiger partial charge in [-0.1, -0.05) is 13.8 Å². The minimum Gasteiger partial charge on any atom is -0.463 e. The number of carbonyl (C=O) groups is 2. The summed E-state index contributed by atoms with van der Waals surface area (Å²) in [4.78, 5) is 22.3. The summed E-state index contributed by atoms with van der Waals surface area (Å²) in [6.45, 7) is 5.50. The van der Waals surface area contributed by atoms with Gasteiger partial charge in [0.2, 0.25) is 5.91 Å². The Labute approximate surface area is 95.3 Å². The van der Waals surface area contributed by atoms with Crippen molar-refractivity contribution in [1.29, 1.82) is 0 Å². The maximum atomic E-state index is 11.5. The van der Waals surface area contributed by atoms with Crippen LogP contribution in [0.1, 0.15) is 27.2 Å². The quantitative estimate of drug-likeness (QED) is 0.558. The third kappa shape index (κ3) is 7.19. The summed E-state index contributed by atoms with van der Waals surface area (Å²) in [6.07, 6.45) is 0.570. The summed E-state index contributed by atoms with van der Waals surface area (Å²) in [7, 11) is 0. The number of hydrogen-bond donors (Lipinski definition) is 1. The van der Waals surface area contributed by atoms with E-state index in [4.69, 9.17) is 16.3 Å². The first-order chi connectivity index (χ1) is 6.97. The molecule has 0 aliphatic carbocycles. The fraction of sp³-hybridized carbons (Fsp3) is 0.800. The van der Waals surface area contributed by atoms with E-state index in [9.17, 15) is 9.59 Å². The van der Waals surface area contributed by atoms with Gasteiger partial charge >= 0.3 is 5.97 Å². The molecule has 0 radical (unpaired) electrons. The molecule has 0 fully saturated rings. The summed E-state index contributed by atoms with van der Waals surface area (Å²) in [6, 6.07) is -0.564. The molecule has 0 spiro atoms. The van der Waals surface area contributed by atoms with E-state index in [1.165, 1.54) is 6.92 Å². The molecule has 1 atom stereocenters. The number of esters is 1. The van der Waals surface area contributed by atoms with Crippen molar-refractivity contribution in [3.8, 4) is 0 Å². The zero-order valence-electron chi connectivity index (χ0n) is 9.38. The standard InChI is InChI=1S/C10H18ClNO3/c1-7(2)6-9(12-8(3)13)10(14)15-5-4-11/h7,9H,4-6H2,1-3H3,(H,12,13)/t9-/m0/s1. The fourth-order valence-corrected chi connectivity index (χ4v) is 1.25. The maximum absolute atomic E-state index is 11.5. The van der Waals surface area contributed by atoms with Crippen molar-refractivity contribution in [2.75, 3.05) is 12.5 Å². The predicted molar refractivity (Wildman–Crippen MR) is 58.7 cm³/mol. The monoisotopic (exact) mass is 235 g/mol. The van der Waals surface area contributed by atoms with Gasteiger partial charge in [0.25, 0.3) is 0 Å². The number of nitrogens with one attached hydrogen (secondary N) is 1. The Morgan fingerprint density at radius 2 is 2.00 bits per heavy atom. The molecule has 0 unspecified atom stereocenters. The largest absolute Gasteiger partial charge is 0.463 e. The zero-order valence-corrected chi connectivity index (χ0v) is 10.1. The van der Waals surface area contributed by atoms with Gasteiger partial charge in [-0.3, -0.25) is 4.79 Å². The maximum Gasteiger partial charge on any atom is 0.328 e.